The lowest BCUT2D eigenvalue weighted by Crippen LogP contribution is -2.21. The van der Waals surface area contributed by atoms with Crippen molar-refractivity contribution in [3.63, 3.8) is 0 Å². The Morgan fingerprint density at radius 2 is 1.62 bits per heavy atom. The zero-order chi connectivity index (χ0) is 20.9. The molecule has 0 atom stereocenters. The number of aryl methyl sites for hydroxylation is 1. The number of hydrogen-bond acceptors (Lipinski definition) is 2. The molecule has 0 aliphatic carbocycles. The second-order valence-electron chi connectivity index (χ2n) is 7.00. The Morgan fingerprint density at radius 3 is 2.31 bits per heavy atom. The van der Waals surface area contributed by atoms with Crippen molar-refractivity contribution in [1.82, 2.24) is 0 Å². The molecular formula is C24H25F3O2. The molecule has 0 fully saturated rings. The summed E-state index contributed by atoms with van der Waals surface area (Å²) in [7, 11) is 0. The quantitative estimate of drug-likeness (QED) is 0.351. The first-order valence-corrected chi connectivity index (χ1v) is 9.95. The predicted octanol–water partition coefficient (Wildman–Crippen LogP) is 7.24. The Balaban J connectivity index is 1.76. The summed E-state index contributed by atoms with van der Waals surface area (Å²) in [6.07, 6.45) is 0.670. The second-order valence-corrected chi connectivity index (χ2v) is 7.00. The molecule has 0 aliphatic rings. The standard InChI is InChI=1S/C24H25F3O2/c1-3-5-6-7-17-8-11-20(12-9-17)24(26,27)29-21-13-10-18-16-23(28-4-2)22(25)15-19(18)14-21/h8-16H,3-7H2,1-2H3. The van der Waals surface area contributed by atoms with Crippen LogP contribution in [0.5, 0.6) is 11.5 Å². The minimum Gasteiger partial charge on any atom is -0.491 e. The zero-order valence-electron chi connectivity index (χ0n) is 16.7. The van der Waals surface area contributed by atoms with E-state index < -0.39 is 11.9 Å². The first kappa shape index (κ1) is 21.0. The van der Waals surface area contributed by atoms with Gasteiger partial charge in [0.25, 0.3) is 0 Å². The van der Waals surface area contributed by atoms with E-state index in [0.29, 0.717) is 17.4 Å². The van der Waals surface area contributed by atoms with Crippen LogP contribution in [0.25, 0.3) is 10.8 Å². The van der Waals surface area contributed by atoms with E-state index in [1.165, 1.54) is 30.3 Å². The molecule has 0 aromatic heterocycles. The number of halogens is 3. The highest BCUT2D eigenvalue weighted by Crippen LogP contribution is 2.34. The van der Waals surface area contributed by atoms with E-state index in [2.05, 4.69) is 6.92 Å². The van der Waals surface area contributed by atoms with Crippen molar-refractivity contribution in [2.45, 2.75) is 45.6 Å². The molecule has 0 saturated heterocycles. The lowest BCUT2D eigenvalue weighted by atomic mass is 10.0. The van der Waals surface area contributed by atoms with Crippen molar-refractivity contribution >= 4 is 10.8 Å². The van der Waals surface area contributed by atoms with E-state index in [1.807, 2.05) is 0 Å². The summed E-state index contributed by atoms with van der Waals surface area (Å²) in [6.45, 7) is 4.23. The lowest BCUT2D eigenvalue weighted by Gasteiger charge is -2.19. The Kier molecular flexibility index (Phi) is 6.68. The highest BCUT2D eigenvalue weighted by atomic mass is 19.3. The number of benzene rings is 3. The first-order chi connectivity index (χ1) is 13.9. The van der Waals surface area contributed by atoms with Gasteiger partial charge in [-0.05, 0) is 72.5 Å². The summed E-state index contributed by atoms with van der Waals surface area (Å²) in [5.41, 5.74) is 0.819. The van der Waals surface area contributed by atoms with Gasteiger partial charge in [0.15, 0.2) is 11.6 Å². The molecule has 29 heavy (non-hydrogen) atoms. The average molecular weight is 402 g/mol. The van der Waals surface area contributed by atoms with Gasteiger partial charge in [-0.15, -0.1) is 0 Å². The molecule has 0 aliphatic heterocycles. The van der Waals surface area contributed by atoms with Gasteiger partial charge in [0.1, 0.15) is 5.75 Å². The Morgan fingerprint density at radius 1 is 0.862 bits per heavy atom. The second kappa shape index (κ2) is 9.21. The van der Waals surface area contributed by atoms with Gasteiger partial charge in [-0.1, -0.05) is 38.0 Å². The third-order valence-electron chi connectivity index (χ3n) is 4.77. The van der Waals surface area contributed by atoms with Gasteiger partial charge in [-0.3, -0.25) is 0 Å². The van der Waals surface area contributed by atoms with Crippen LogP contribution in [0.2, 0.25) is 0 Å². The molecule has 2 nitrogen and oxygen atoms in total. The largest absolute Gasteiger partial charge is 0.491 e. The fraction of sp³-hybridized carbons (Fsp3) is 0.333. The smallest absolute Gasteiger partial charge is 0.426 e. The van der Waals surface area contributed by atoms with Gasteiger partial charge in [-0.2, -0.15) is 8.78 Å². The molecule has 3 aromatic rings. The summed E-state index contributed by atoms with van der Waals surface area (Å²) < 4.78 is 53.5. The highest BCUT2D eigenvalue weighted by Gasteiger charge is 2.34. The van der Waals surface area contributed by atoms with Gasteiger partial charge >= 0.3 is 6.11 Å². The van der Waals surface area contributed by atoms with Crippen LogP contribution in [-0.4, -0.2) is 6.61 Å². The Hall–Kier alpha value is -2.69. The predicted molar refractivity (Wildman–Crippen MR) is 109 cm³/mol. The summed E-state index contributed by atoms with van der Waals surface area (Å²) >= 11 is 0. The molecule has 0 amide bonds. The molecule has 0 radical (unpaired) electrons. The van der Waals surface area contributed by atoms with E-state index in [9.17, 15) is 13.2 Å². The number of alkyl halides is 2. The Bertz CT molecular complexity index is 952. The van der Waals surface area contributed by atoms with Gasteiger partial charge in [0.05, 0.1) is 12.2 Å². The van der Waals surface area contributed by atoms with Crippen molar-refractivity contribution in [2.24, 2.45) is 0 Å². The van der Waals surface area contributed by atoms with Gasteiger partial charge in [-0.25, -0.2) is 4.39 Å². The van der Waals surface area contributed by atoms with Gasteiger partial charge < -0.3 is 9.47 Å². The topological polar surface area (TPSA) is 18.5 Å². The molecule has 154 valence electrons. The van der Waals surface area contributed by atoms with Crippen molar-refractivity contribution in [3.05, 3.63) is 71.5 Å². The third kappa shape index (κ3) is 5.22. The maximum Gasteiger partial charge on any atom is 0.426 e. The third-order valence-corrected chi connectivity index (χ3v) is 4.77. The maximum absolute atomic E-state index is 14.6. The number of hydrogen-bond donors (Lipinski definition) is 0. The molecule has 0 saturated carbocycles. The minimum atomic E-state index is -3.49. The summed E-state index contributed by atoms with van der Waals surface area (Å²) in [5.74, 6) is -0.432. The SMILES string of the molecule is CCCCCc1ccc(C(F)(F)Oc2ccc3cc(OCC)c(F)cc3c2)cc1. The molecule has 0 N–H and O–H groups in total. The molecule has 0 spiro atoms. The molecule has 0 bridgehead atoms. The molecular weight excluding hydrogens is 377 g/mol. The Labute approximate surface area is 169 Å². The fourth-order valence-electron chi connectivity index (χ4n) is 3.21. The number of unbranched alkanes of at least 4 members (excludes halogenated alkanes) is 2. The maximum atomic E-state index is 14.6. The van der Waals surface area contributed by atoms with Gasteiger partial charge in [0, 0.05) is 0 Å². The van der Waals surface area contributed by atoms with E-state index in [1.54, 1.807) is 31.2 Å². The minimum absolute atomic E-state index is 0.0296. The van der Waals surface area contributed by atoms with Crippen molar-refractivity contribution in [3.8, 4) is 11.5 Å². The van der Waals surface area contributed by atoms with E-state index in [0.717, 1.165) is 31.2 Å². The van der Waals surface area contributed by atoms with Crippen LogP contribution in [-0.2, 0) is 12.5 Å². The number of fused-ring (bicyclic) bond motifs is 1. The van der Waals surface area contributed by atoms with Crippen LogP contribution >= 0.6 is 0 Å². The lowest BCUT2D eigenvalue weighted by molar-refractivity contribution is -0.185. The average Bonchev–Trinajstić information content (AvgIpc) is 2.69. The van der Waals surface area contributed by atoms with E-state index >= 15 is 0 Å². The van der Waals surface area contributed by atoms with Crippen LogP contribution in [0, 0.1) is 5.82 Å². The van der Waals surface area contributed by atoms with Crippen LogP contribution in [0.1, 0.15) is 44.2 Å². The number of rotatable bonds is 9. The molecule has 3 aromatic carbocycles. The van der Waals surface area contributed by atoms with E-state index in [-0.39, 0.29) is 17.1 Å². The van der Waals surface area contributed by atoms with Crippen molar-refractivity contribution in [1.29, 1.82) is 0 Å². The number of ether oxygens (including phenoxy) is 2. The summed E-state index contributed by atoms with van der Waals surface area (Å²) in [5, 5.41) is 1.15. The van der Waals surface area contributed by atoms with E-state index in [4.69, 9.17) is 9.47 Å². The van der Waals surface area contributed by atoms with Crippen molar-refractivity contribution in [2.75, 3.05) is 6.61 Å². The van der Waals surface area contributed by atoms with Crippen LogP contribution in [0.15, 0.2) is 54.6 Å². The molecule has 5 heteroatoms. The highest BCUT2D eigenvalue weighted by molar-refractivity contribution is 5.85. The van der Waals surface area contributed by atoms with Crippen molar-refractivity contribution < 1.29 is 22.6 Å². The van der Waals surface area contributed by atoms with Crippen LogP contribution in [0.3, 0.4) is 0 Å². The summed E-state index contributed by atoms with van der Waals surface area (Å²) in [6, 6.07) is 13.5. The zero-order valence-corrected chi connectivity index (χ0v) is 16.7. The van der Waals surface area contributed by atoms with Crippen LogP contribution in [0.4, 0.5) is 13.2 Å². The first-order valence-electron chi connectivity index (χ1n) is 9.95. The summed E-state index contributed by atoms with van der Waals surface area (Å²) in [4.78, 5) is 0. The molecule has 0 heterocycles. The van der Waals surface area contributed by atoms with Crippen LogP contribution < -0.4 is 9.47 Å². The fourth-order valence-corrected chi connectivity index (χ4v) is 3.21. The molecule has 3 rings (SSSR count). The van der Waals surface area contributed by atoms with Gasteiger partial charge in [0.2, 0.25) is 0 Å². The monoisotopic (exact) mass is 402 g/mol. The normalized spacial score (nSPS) is 11.6. The molecule has 0 unspecified atom stereocenters.